The summed E-state index contributed by atoms with van der Waals surface area (Å²) in [7, 11) is -4.13. The van der Waals surface area contributed by atoms with Gasteiger partial charge in [0.2, 0.25) is 11.8 Å². The fourth-order valence-electron chi connectivity index (χ4n) is 4.65. The molecule has 43 heavy (non-hydrogen) atoms. The lowest BCUT2D eigenvalue weighted by atomic mass is 10.0. The fraction of sp³-hybridized carbons (Fsp3) is 0.235. The van der Waals surface area contributed by atoms with Crippen molar-refractivity contribution in [2.75, 3.05) is 10.8 Å². The molecule has 0 radical (unpaired) electrons. The molecule has 0 unspecified atom stereocenters. The molecule has 9 heteroatoms. The van der Waals surface area contributed by atoms with Gasteiger partial charge in [0.05, 0.1) is 10.6 Å². The summed E-state index contributed by atoms with van der Waals surface area (Å²) in [5.41, 5.74) is 1.84. The molecule has 2 amide bonds. The second-order valence-corrected chi connectivity index (χ2v) is 12.6. The van der Waals surface area contributed by atoms with Gasteiger partial charge in [-0.25, -0.2) is 8.42 Å². The van der Waals surface area contributed by atoms with Gasteiger partial charge in [0, 0.05) is 24.0 Å². The van der Waals surface area contributed by atoms with Crippen LogP contribution in [0.25, 0.3) is 0 Å². The number of hydrogen-bond acceptors (Lipinski definition) is 4. The van der Waals surface area contributed by atoms with E-state index in [4.69, 9.17) is 11.6 Å². The van der Waals surface area contributed by atoms with Crippen LogP contribution in [0.15, 0.2) is 120 Å². The standard InChI is InChI=1S/C34H36ClN3O4S/c1-3-26(2)36-34(40)32(23-27-15-7-4-8-16-27)37(24-28-17-13-14-22-31(28)35)33(39)25-38(29-18-9-5-10-19-29)43(41,42)30-20-11-6-12-21-30/h4-22,26,32H,3,23-25H2,1-2H3,(H,36,40)/t26-,32+/m0/s1. The van der Waals surface area contributed by atoms with E-state index in [1.165, 1.54) is 17.0 Å². The fourth-order valence-corrected chi connectivity index (χ4v) is 6.28. The van der Waals surface area contributed by atoms with Crippen molar-refractivity contribution in [3.63, 3.8) is 0 Å². The number of nitrogens with zero attached hydrogens (tertiary/aromatic N) is 2. The Bertz CT molecular complexity index is 1600. The summed E-state index contributed by atoms with van der Waals surface area (Å²) in [5.74, 6) is -0.862. The van der Waals surface area contributed by atoms with Crippen LogP contribution in [-0.4, -0.2) is 43.8 Å². The van der Waals surface area contributed by atoms with Gasteiger partial charge >= 0.3 is 0 Å². The Morgan fingerprint density at radius 2 is 1.37 bits per heavy atom. The minimum absolute atomic E-state index is 0.0119. The maximum atomic E-state index is 14.4. The van der Waals surface area contributed by atoms with E-state index in [2.05, 4.69) is 5.32 Å². The zero-order valence-corrected chi connectivity index (χ0v) is 25.8. The number of rotatable bonds is 13. The average Bonchev–Trinajstić information content (AvgIpc) is 3.03. The summed E-state index contributed by atoms with van der Waals surface area (Å²) < 4.78 is 29.0. The van der Waals surface area contributed by atoms with Crippen LogP contribution in [0.2, 0.25) is 5.02 Å². The largest absolute Gasteiger partial charge is 0.352 e. The number of benzene rings is 4. The molecule has 0 saturated heterocycles. The molecule has 2 atom stereocenters. The number of carbonyl (C=O) groups excluding carboxylic acids is 2. The van der Waals surface area contributed by atoms with Gasteiger partial charge in [0.15, 0.2) is 0 Å². The van der Waals surface area contributed by atoms with E-state index in [-0.39, 0.29) is 29.8 Å². The second-order valence-electron chi connectivity index (χ2n) is 10.3. The van der Waals surface area contributed by atoms with E-state index in [1.54, 1.807) is 66.7 Å². The number of carbonyl (C=O) groups is 2. The molecule has 4 rings (SSSR count). The minimum atomic E-state index is -4.13. The number of hydrogen-bond donors (Lipinski definition) is 1. The van der Waals surface area contributed by atoms with Gasteiger partial charge < -0.3 is 10.2 Å². The van der Waals surface area contributed by atoms with Crippen LogP contribution in [0, 0.1) is 0 Å². The third kappa shape index (κ3) is 8.24. The minimum Gasteiger partial charge on any atom is -0.352 e. The summed E-state index contributed by atoms with van der Waals surface area (Å²) in [6.07, 6.45) is 0.940. The summed E-state index contributed by atoms with van der Waals surface area (Å²) >= 11 is 6.53. The number of sulfonamides is 1. The van der Waals surface area contributed by atoms with Gasteiger partial charge in [-0.05, 0) is 54.8 Å². The molecule has 0 aliphatic carbocycles. The molecular weight excluding hydrogens is 582 g/mol. The third-order valence-corrected chi connectivity index (χ3v) is 9.38. The lowest BCUT2D eigenvalue weighted by Gasteiger charge is -2.34. The highest BCUT2D eigenvalue weighted by molar-refractivity contribution is 7.92. The third-order valence-electron chi connectivity index (χ3n) is 7.22. The van der Waals surface area contributed by atoms with Gasteiger partial charge in [-0.2, -0.15) is 0 Å². The molecule has 0 bridgehead atoms. The first-order valence-electron chi connectivity index (χ1n) is 14.2. The molecule has 4 aromatic carbocycles. The normalized spacial score (nSPS) is 12.6. The van der Waals surface area contributed by atoms with Gasteiger partial charge in [-0.1, -0.05) is 103 Å². The Labute approximate surface area is 259 Å². The highest BCUT2D eigenvalue weighted by Gasteiger charge is 2.35. The maximum absolute atomic E-state index is 14.4. The topological polar surface area (TPSA) is 86.8 Å². The van der Waals surface area contributed by atoms with Crippen molar-refractivity contribution >= 4 is 39.1 Å². The molecule has 0 aliphatic rings. The van der Waals surface area contributed by atoms with Crippen molar-refractivity contribution in [2.45, 2.75) is 50.2 Å². The van der Waals surface area contributed by atoms with Gasteiger partial charge in [-0.3, -0.25) is 13.9 Å². The van der Waals surface area contributed by atoms with E-state index in [9.17, 15) is 18.0 Å². The van der Waals surface area contributed by atoms with Crippen molar-refractivity contribution < 1.29 is 18.0 Å². The van der Waals surface area contributed by atoms with Gasteiger partial charge in [0.1, 0.15) is 12.6 Å². The summed E-state index contributed by atoms with van der Waals surface area (Å²) in [4.78, 5) is 29.8. The first kappa shape index (κ1) is 31.8. The lowest BCUT2D eigenvalue weighted by molar-refractivity contribution is -0.140. The molecule has 1 N–H and O–H groups in total. The van der Waals surface area contributed by atoms with E-state index in [0.29, 0.717) is 22.7 Å². The molecule has 224 valence electrons. The maximum Gasteiger partial charge on any atom is 0.264 e. The molecule has 0 fully saturated rings. The van der Waals surface area contributed by atoms with Crippen molar-refractivity contribution in [1.82, 2.24) is 10.2 Å². The summed E-state index contributed by atoms with van der Waals surface area (Å²) in [6, 6.07) is 32.0. The Balaban J connectivity index is 1.79. The van der Waals surface area contributed by atoms with Crippen molar-refractivity contribution in [2.24, 2.45) is 0 Å². The number of anilines is 1. The van der Waals surface area contributed by atoms with Crippen LogP contribution in [0.5, 0.6) is 0 Å². The van der Waals surface area contributed by atoms with Crippen molar-refractivity contribution in [3.8, 4) is 0 Å². The number of halogens is 1. The number of para-hydroxylation sites is 1. The summed E-state index contributed by atoms with van der Waals surface area (Å²) in [6.45, 7) is 3.36. The van der Waals surface area contributed by atoms with E-state index in [0.717, 1.165) is 9.87 Å². The second kappa shape index (κ2) is 14.8. The zero-order chi connectivity index (χ0) is 30.8. The lowest BCUT2D eigenvalue weighted by Crippen LogP contribution is -2.54. The quantitative estimate of drug-likeness (QED) is 0.197. The Hall–Kier alpha value is -4.14. The van der Waals surface area contributed by atoms with Crippen molar-refractivity contribution in [3.05, 3.63) is 131 Å². The molecular formula is C34H36ClN3O4S. The predicted molar refractivity (Wildman–Crippen MR) is 171 cm³/mol. The molecule has 0 spiro atoms. The molecule has 0 aliphatic heterocycles. The molecule has 0 aromatic heterocycles. The summed E-state index contributed by atoms with van der Waals surface area (Å²) in [5, 5.41) is 3.47. The van der Waals surface area contributed by atoms with Crippen LogP contribution < -0.4 is 9.62 Å². The SMILES string of the molecule is CC[C@H](C)NC(=O)[C@@H](Cc1ccccc1)N(Cc1ccccc1Cl)C(=O)CN(c1ccccc1)S(=O)(=O)c1ccccc1. The van der Waals surface area contributed by atoms with Crippen LogP contribution in [0.3, 0.4) is 0 Å². The monoisotopic (exact) mass is 617 g/mol. The molecule has 0 heterocycles. The van der Waals surface area contributed by atoms with Crippen LogP contribution in [0.1, 0.15) is 31.4 Å². The predicted octanol–water partition coefficient (Wildman–Crippen LogP) is 6.09. The van der Waals surface area contributed by atoms with Crippen LogP contribution in [0.4, 0.5) is 5.69 Å². The Kier molecular flexibility index (Phi) is 11.0. The van der Waals surface area contributed by atoms with Crippen LogP contribution in [-0.2, 0) is 32.6 Å². The van der Waals surface area contributed by atoms with E-state index < -0.39 is 28.5 Å². The highest BCUT2D eigenvalue weighted by atomic mass is 35.5. The molecule has 0 saturated carbocycles. The van der Waals surface area contributed by atoms with E-state index in [1.807, 2.05) is 50.2 Å². The highest BCUT2D eigenvalue weighted by Crippen LogP contribution is 2.26. The Morgan fingerprint density at radius 3 is 1.98 bits per heavy atom. The van der Waals surface area contributed by atoms with Gasteiger partial charge in [-0.15, -0.1) is 0 Å². The van der Waals surface area contributed by atoms with Crippen LogP contribution >= 0.6 is 11.6 Å². The number of nitrogens with one attached hydrogen (secondary N) is 1. The average molecular weight is 618 g/mol. The molecule has 4 aromatic rings. The first-order chi connectivity index (χ1) is 20.7. The number of amides is 2. The first-order valence-corrected chi connectivity index (χ1v) is 16.0. The van der Waals surface area contributed by atoms with Crippen molar-refractivity contribution in [1.29, 1.82) is 0 Å². The van der Waals surface area contributed by atoms with Gasteiger partial charge in [0.25, 0.3) is 10.0 Å². The Morgan fingerprint density at radius 1 is 0.814 bits per heavy atom. The molecule has 7 nitrogen and oxygen atoms in total. The smallest absolute Gasteiger partial charge is 0.264 e. The zero-order valence-electron chi connectivity index (χ0n) is 24.3. The van der Waals surface area contributed by atoms with E-state index >= 15 is 0 Å².